The van der Waals surface area contributed by atoms with Gasteiger partial charge in [-0.3, -0.25) is 9.59 Å². The van der Waals surface area contributed by atoms with Gasteiger partial charge in [-0.1, -0.05) is 60.7 Å². The first-order valence-electron chi connectivity index (χ1n) is 10.9. The van der Waals surface area contributed by atoms with E-state index in [1.165, 1.54) is 22.1 Å². The molecule has 0 fully saturated rings. The van der Waals surface area contributed by atoms with Gasteiger partial charge >= 0.3 is 0 Å². The molecule has 1 aliphatic rings. The summed E-state index contributed by atoms with van der Waals surface area (Å²) in [5, 5.41) is 5.29. The minimum Gasteiger partial charge on any atom is -0.288 e. The van der Waals surface area contributed by atoms with E-state index in [4.69, 9.17) is 4.98 Å². The number of aromatic nitrogens is 1. The second-order valence-electron chi connectivity index (χ2n) is 8.36. The number of thiophene rings is 1. The summed E-state index contributed by atoms with van der Waals surface area (Å²) in [4.78, 5) is 32.7. The summed E-state index contributed by atoms with van der Waals surface area (Å²) in [6, 6.07) is 28.1. The van der Waals surface area contributed by atoms with Gasteiger partial charge in [-0.2, -0.15) is 0 Å². The van der Waals surface area contributed by atoms with Crippen LogP contribution in [-0.2, 0) is 0 Å². The molecule has 0 N–H and O–H groups in total. The molecule has 0 radical (unpaired) electrons. The zero-order valence-corrected chi connectivity index (χ0v) is 19.4. The van der Waals surface area contributed by atoms with E-state index in [0.29, 0.717) is 11.1 Å². The van der Waals surface area contributed by atoms with Crippen LogP contribution < -0.4 is 0 Å². The fourth-order valence-corrected chi connectivity index (χ4v) is 6.72. The number of Topliss-reactive ketones (excluding diaryl/α,β-unsaturated/α-hetero) is 2. The summed E-state index contributed by atoms with van der Waals surface area (Å²) in [7, 11) is 0. The van der Waals surface area contributed by atoms with Crippen molar-refractivity contribution in [1.29, 1.82) is 0 Å². The van der Waals surface area contributed by atoms with Crippen molar-refractivity contribution in [3.05, 3.63) is 107 Å². The molecule has 0 unspecified atom stereocenters. The molecule has 0 bridgehead atoms. The van der Waals surface area contributed by atoms with Gasteiger partial charge in [-0.05, 0) is 51.9 Å². The van der Waals surface area contributed by atoms with E-state index >= 15 is 0 Å². The second kappa shape index (κ2) is 7.29. The Morgan fingerprint density at radius 1 is 0.647 bits per heavy atom. The predicted octanol–water partition coefficient (Wildman–Crippen LogP) is 7.79. The van der Waals surface area contributed by atoms with E-state index < -0.39 is 0 Å². The first-order valence-corrected chi connectivity index (χ1v) is 12.5. The Morgan fingerprint density at radius 3 is 1.91 bits per heavy atom. The van der Waals surface area contributed by atoms with Crippen LogP contribution >= 0.6 is 22.7 Å². The van der Waals surface area contributed by atoms with E-state index in [1.807, 2.05) is 54.6 Å². The fraction of sp³-hybridized carbons (Fsp3) is 0. The van der Waals surface area contributed by atoms with Crippen molar-refractivity contribution in [2.75, 3.05) is 0 Å². The smallest absolute Gasteiger partial charge is 0.197 e. The van der Waals surface area contributed by atoms with Crippen LogP contribution in [0.5, 0.6) is 0 Å². The van der Waals surface area contributed by atoms with Gasteiger partial charge in [-0.25, -0.2) is 4.98 Å². The lowest BCUT2D eigenvalue weighted by Crippen LogP contribution is -1.99. The fourth-order valence-electron chi connectivity index (χ4n) is 4.55. The van der Waals surface area contributed by atoms with Crippen molar-refractivity contribution >= 4 is 71.4 Å². The average molecular weight is 474 g/mol. The van der Waals surface area contributed by atoms with E-state index in [0.717, 1.165) is 35.8 Å². The monoisotopic (exact) mass is 473 g/mol. The molecule has 5 heteroatoms. The number of ketones is 2. The summed E-state index contributed by atoms with van der Waals surface area (Å²) in [6.45, 7) is 0. The van der Waals surface area contributed by atoms with Crippen LogP contribution in [0.2, 0.25) is 0 Å². The molecular formula is C29H15NO2S2. The largest absolute Gasteiger partial charge is 0.288 e. The van der Waals surface area contributed by atoms with Gasteiger partial charge in [0, 0.05) is 21.6 Å². The van der Waals surface area contributed by atoms with Crippen molar-refractivity contribution in [3.63, 3.8) is 0 Å². The van der Waals surface area contributed by atoms with Gasteiger partial charge in [0.1, 0.15) is 9.84 Å². The highest BCUT2D eigenvalue weighted by molar-refractivity contribution is 7.29. The summed E-state index contributed by atoms with van der Waals surface area (Å²) in [6.07, 6.45) is 1.73. The highest BCUT2D eigenvalue weighted by Crippen LogP contribution is 2.38. The Morgan fingerprint density at radius 2 is 1.26 bits per heavy atom. The van der Waals surface area contributed by atoms with Crippen LogP contribution in [0.1, 0.15) is 25.6 Å². The average Bonchev–Trinajstić information content (AvgIpc) is 3.50. The number of carbonyl (C=O) groups is 2. The van der Waals surface area contributed by atoms with Gasteiger partial charge in [0.05, 0.1) is 10.3 Å². The first kappa shape index (κ1) is 19.5. The van der Waals surface area contributed by atoms with Crippen molar-refractivity contribution in [1.82, 2.24) is 4.98 Å². The number of hydrogen-bond donors (Lipinski definition) is 0. The summed E-state index contributed by atoms with van der Waals surface area (Å²) < 4.78 is 1.06. The predicted molar refractivity (Wildman–Crippen MR) is 141 cm³/mol. The molecule has 0 spiro atoms. The van der Waals surface area contributed by atoms with Crippen LogP contribution in [-0.4, -0.2) is 16.6 Å². The maximum Gasteiger partial charge on any atom is 0.197 e. The highest BCUT2D eigenvalue weighted by Gasteiger charge is 2.33. The molecule has 2 heterocycles. The zero-order chi connectivity index (χ0) is 22.8. The van der Waals surface area contributed by atoms with Gasteiger partial charge in [0.25, 0.3) is 0 Å². The maximum absolute atomic E-state index is 13.1. The minimum atomic E-state index is -0.202. The van der Waals surface area contributed by atoms with E-state index in [-0.39, 0.29) is 17.1 Å². The lowest BCUT2D eigenvalue weighted by molar-refractivity contribution is 0.0990. The molecule has 2 aromatic heterocycles. The molecule has 0 aliphatic heterocycles. The quantitative estimate of drug-likeness (QED) is 0.190. The lowest BCUT2D eigenvalue weighted by Gasteiger charge is -2.00. The Balaban J connectivity index is 1.25. The first-order chi connectivity index (χ1) is 16.6. The van der Waals surface area contributed by atoms with Gasteiger partial charge in [0.15, 0.2) is 11.6 Å². The molecule has 1 aliphatic carbocycles. The Hall–Kier alpha value is -3.93. The molecule has 7 rings (SSSR count). The third-order valence-corrected chi connectivity index (χ3v) is 8.41. The van der Waals surface area contributed by atoms with Crippen molar-refractivity contribution in [2.24, 2.45) is 0 Å². The number of allylic oxidation sites excluding steroid dienone is 1. The van der Waals surface area contributed by atoms with Crippen molar-refractivity contribution < 1.29 is 9.59 Å². The third kappa shape index (κ3) is 2.98. The molecule has 4 aromatic carbocycles. The summed E-state index contributed by atoms with van der Waals surface area (Å²) in [5.41, 5.74) is 2.31. The molecule has 6 aromatic rings. The number of fused-ring (bicyclic) bond motifs is 4. The topological polar surface area (TPSA) is 47.0 Å². The highest BCUT2D eigenvalue weighted by atomic mass is 32.1. The minimum absolute atomic E-state index is 0.202. The number of thiazole rings is 1. The SMILES string of the molecule is O=C1C(=Cc2cc3sc(-c4ccc5ccccc5c4)nc3s2)C(=O)c2cc3ccccc3cc21. The van der Waals surface area contributed by atoms with E-state index in [2.05, 4.69) is 30.3 Å². The maximum atomic E-state index is 13.1. The zero-order valence-electron chi connectivity index (χ0n) is 17.7. The molecule has 0 amide bonds. The molecule has 3 nitrogen and oxygen atoms in total. The Kier molecular flexibility index (Phi) is 4.19. The van der Waals surface area contributed by atoms with Crippen LogP contribution in [0.4, 0.5) is 0 Å². The molecule has 160 valence electrons. The van der Waals surface area contributed by atoms with E-state index in [9.17, 15) is 9.59 Å². The van der Waals surface area contributed by atoms with Crippen LogP contribution in [0.15, 0.2) is 90.5 Å². The molecule has 34 heavy (non-hydrogen) atoms. The lowest BCUT2D eigenvalue weighted by atomic mass is 10.0. The molecule has 0 saturated carbocycles. The number of benzene rings is 4. The normalized spacial score (nSPS) is 13.4. The van der Waals surface area contributed by atoms with Crippen LogP contribution in [0.3, 0.4) is 0 Å². The molecular weight excluding hydrogens is 458 g/mol. The number of rotatable bonds is 2. The third-order valence-electron chi connectivity index (χ3n) is 6.26. The standard InChI is InChI=1S/C29H15NO2S2/c31-26-22-12-18-7-3-4-8-19(18)13-23(22)27(32)24(26)14-21-15-25-29(33-21)30-28(34-25)20-10-9-16-5-1-2-6-17(16)11-20/h1-15H. The van der Waals surface area contributed by atoms with Crippen molar-refractivity contribution in [3.8, 4) is 10.6 Å². The number of nitrogens with zero attached hydrogens (tertiary/aromatic N) is 1. The van der Waals surface area contributed by atoms with Gasteiger partial charge in [0.2, 0.25) is 0 Å². The van der Waals surface area contributed by atoms with Crippen LogP contribution in [0, 0.1) is 0 Å². The summed E-state index contributed by atoms with van der Waals surface area (Å²) in [5.74, 6) is -0.403. The second-order valence-corrected chi connectivity index (χ2v) is 10.5. The van der Waals surface area contributed by atoms with Gasteiger partial charge in [-0.15, -0.1) is 22.7 Å². The Bertz CT molecular complexity index is 1770. The Labute approximate surface area is 202 Å². The van der Waals surface area contributed by atoms with Crippen molar-refractivity contribution in [2.45, 2.75) is 0 Å². The summed E-state index contributed by atoms with van der Waals surface area (Å²) >= 11 is 3.14. The molecule has 0 saturated heterocycles. The van der Waals surface area contributed by atoms with Crippen LogP contribution in [0.25, 0.3) is 47.7 Å². The van der Waals surface area contributed by atoms with E-state index in [1.54, 1.807) is 17.4 Å². The van der Waals surface area contributed by atoms with Gasteiger partial charge < -0.3 is 0 Å². The number of hydrogen-bond acceptors (Lipinski definition) is 5. The molecule has 0 atom stereocenters. The number of carbonyl (C=O) groups excluding carboxylic acids is 2.